The highest BCUT2D eigenvalue weighted by Gasteiger charge is 2.46. The van der Waals surface area contributed by atoms with Crippen LogP contribution in [0, 0.1) is 5.92 Å². The molecule has 1 N–H and O–H groups in total. The van der Waals surface area contributed by atoms with Crippen molar-refractivity contribution < 1.29 is 19.4 Å². The van der Waals surface area contributed by atoms with Crippen LogP contribution in [0.25, 0.3) is 0 Å². The Bertz CT molecular complexity index is 571. The number of hydrogen-bond donors (Lipinski definition) is 1. The van der Waals surface area contributed by atoms with Gasteiger partial charge >= 0.3 is 0 Å². The van der Waals surface area contributed by atoms with Crippen molar-refractivity contribution in [2.45, 2.75) is 19.1 Å². The van der Waals surface area contributed by atoms with Gasteiger partial charge < -0.3 is 9.84 Å². The zero-order valence-corrected chi connectivity index (χ0v) is 9.79. The summed E-state index contributed by atoms with van der Waals surface area (Å²) in [6.45, 7) is 1.55. The lowest BCUT2D eigenvalue weighted by Gasteiger charge is -2.24. The standard InChI is InChI=1S/C14H12O4/c1-7(15)11-6-10-12(16)8-4-2-3-5-9(8)13(17)14(10)18-11/h2-7,10,14-15H,1H3. The summed E-state index contributed by atoms with van der Waals surface area (Å²) >= 11 is 0. The fraction of sp³-hybridized carbons (Fsp3) is 0.286. The normalized spacial score (nSPS) is 27.1. The van der Waals surface area contributed by atoms with E-state index in [9.17, 15) is 14.7 Å². The fourth-order valence-electron chi connectivity index (χ4n) is 2.44. The van der Waals surface area contributed by atoms with Crippen molar-refractivity contribution >= 4 is 11.6 Å². The van der Waals surface area contributed by atoms with E-state index in [-0.39, 0.29) is 11.6 Å². The van der Waals surface area contributed by atoms with Crippen molar-refractivity contribution in [2.75, 3.05) is 0 Å². The Kier molecular flexibility index (Phi) is 2.35. The van der Waals surface area contributed by atoms with Crippen LogP contribution in [0.4, 0.5) is 0 Å². The summed E-state index contributed by atoms with van der Waals surface area (Å²) < 4.78 is 5.41. The quantitative estimate of drug-likeness (QED) is 0.809. The second-order valence-electron chi connectivity index (χ2n) is 4.58. The molecule has 3 rings (SSSR count). The van der Waals surface area contributed by atoms with Crippen LogP contribution in [0.1, 0.15) is 27.6 Å². The molecule has 4 nitrogen and oxygen atoms in total. The molecular weight excluding hydrogens is 232 g/mol. The molecule has 0 spiro atoms. The summed E-state index contributed by atoms with van der Waals surface area (Å²) in [7, 11) is 0. The number of rotatable bonds is 1. The molecule has 3 atom stereocenters. The number of Topliss-reactive ketones (excluding diaryl/α,β-unsaturated/α-hetero) is 2. The molecule has 1 aliphatic carbocycles. The Balaban J connectivity index is 2.08. The van der Waals surface area contributed by atoms with Crippen LogP contribution < -0.4 is 0 Å². The van der Waals surface area contributed by atoms with E-state index in [4.69, 9.17) is 4.74 Å². The van der Waals surface area contributed by atoms with Gasteiger partial charge in [0.15, 0.2) is 11.9 Å². The van der Waals surface area contributed by atoms with Crippen LogP contribution in [0.15, 0.2) is 36.1 Å². The van der Waals surface area contributed by atoms with E-state index in [1.807, 2.05) is 0 Å². The van der Waals surface area contributed by atoms with Crippen molar-refractivity contribution in [2.24, 2.45) is 5.92 Å². The summed E-state index contributed by atoms with van der Waals surface area (Å²) in [5.74, 6) is -0.607. The average Bonchev–Trinajstić information content (AvgIpc) is 2.81. The molecule has 0 bridgehead atoms. The lowest BCUT2D eigenvalue weighted by Crippen LogP contribution is -2.38. The van der Waals surface area contributed by atoms with E-state index in [0.29, 0.717) is 16.9 Å². The van der Waals surface area contributed by atoms with Gasteiger partial charge in [0, 0.05) is 11.1 Å². The number of hydrogen-bond acceptors (Lipinski definition) is 4. The second-order valence-corrected chi connectivity index (χ2v) is 4.58. The number of carbonyl (C=O) groups is 2. The lowest BCUT2D eigenvalue weighted by atomic mass is 9.80. The van der Waals surface area contributed by atoms with Gasteiger partial charge in [-0.15, -0.1) is 0 Å². The number of benzene rings is 1. The number of fused-ring (bicyclic) bond motifs is 2. The average molecular weight is 244 g/mol. The van der Waals surface area contributed by atoms with Gasteiger partial charge in [0.1, 0.15) is 11.9 Å². The molecule has 1 heterocycles. The van der Waals surface area contributed by atoms with Gasteiger partial charge in [-0.3, -0.25) is 9.59 Å². The maximum Gasteiger partial charge on any atom is 0.205 e. The molecule has 18 heavy (non-hydrogen) atoms. The molecule has 0 aromatic heterocycles. The highest BCUT2D eigenvalue weighted by Crippen LogP contribution is 2.35. The second kappa shape index (κ2) is 3.78. The Hall–Kier alpha value is -1.94. The summed E-state index contributed by atoms with van der Waals surface area (Å²) in [6, 6.07) is 6.75. The van der Waals surface area contributed by atoms with Crippen molar-refractivity contribution in [1.29, 1.82) is 0 Å². The summed E-state index contributed by atoms with van der Waals surface area (Å²) in [6.07, 6.45) is -0.0535. The first-order valence-corrected chi connectivity index (χ1v) is 5.83. The van der Waals surface area contributed by atoms with E-state index >= 15 is 0 Å². The first-order valence-electron chi connectivity index (χ1n) is 5.83. The van der Waals surface area contributed by atoms with Gasteiger partial charge in [0.05, 0.1) is 5.92 Å². The number of ether oxygens (including phenoxy) is 1. The van der Waals surface area contributed by atoms with E-state index < -0.39 is 18.1 Å². The Labute approximate surface area is 104 Å². The fourth-order valence-corrected chi connectivity index (χ4v) is 2.44. The van der Waals surface area contributed by atoms with Gasteiger partial charge in [-0.2, -0.15) is 0 Å². The van der Waals surface area contributed by atoms with Gasteiger partial charge in [-0.25, -0.2) is 0 Å². The SMILES string of the molecule is CC(O)C1=CC2C(=O)c3ccccc3C(=O)C2O1. The predicted octanol–water partition coefficient (Wildman–Crippen LogP) is 1.35. The molecule has 1 aromatic rings. The van der Waals surface area contributed by atoms with E-state index in [0.717, 1.165) is 0 Å². The molecule has 0 amide bonds. The smallest absolute Gasteiger partial charge is 0.205 e. The van der Waals surface area contributed by atoms with Crippen LogP contribution >= 0.6 is 0 Å². The molecule has 0 fully saturated rings. The molecule has 3 unspecified atom stereocenters. The van der Waals surface area contributed by atoms with E-state index in [1.165, 1.54) is 0 Å². The molecule has 1 aliphatic heterocycles. The number of ketones is 2. The highest BCUT2D eigenvalue weighted by molar-refractivity contribution is 6.18. The third kappa shape index (κ3) is 1.42. The van der Waals surface area contributed by atoms with Crippen LogP contribution in [0.3, 0.4) is 0 Å². The number of aliphatic hydroxyl groups excluding tert-OH is 1. The molecular formula is C14H12O4. The van der Waals surface area contributed by atoms with Crippen LogP contribution in [0.5, 0.6) is 0 Å². The van der Waals surface area contributed by atoms with Gasteiger partial charge in [0.2, 0.25) is 5.78 Å². The Morgan fingerprint density at radius 1 is 1.17 bits per heavy atom. The van der Waals surface area contributed by atoms with E-state index in [1.54, 1.807) is 37.3 Å². The van der Waals surface area contributed by atoms with Gasteiger partial charge in [-0.05, 0) is 13.0 Å². The third-order valence-corrected chi connectivity index (χ3v) is 3.36. The first kappa shape index (κ1) is 11.2. The third-order valence-electron chi connectivity index (χ3n) is 3.36. The largest absolute Gasteiger partial charge is 0.483 e. The minimum absolute atomic E-state index is 0.120. The minimum atomic E-state index is -0.808. The molecule has 92 valence electrons. The maximum atomic E-state index is 12.3. The molecule has 0 saturated heterocycles. The zero-order chi connectivity index (χ0) is 12.9. The van der Waals surface area contributed by atoms with Crippen molar-refractivity contribution in [3.63, 3.8) is 0 Å². The topological polar surface area (TPSA) is 63.6 Å². The number of aliphatic hydroxyl groups is 1. The monoisotopic (exact) mass is 244 g/mol. The molecule has 0 radical (unpaired) electrons. The summed E-state index contributed by atoms with van der Waals surface area (Å²) in [4.78, 5) is 24.5. The summed E-state index contributed by atoms with van der Waals surface area (Å²) in [5.41, 5.74) is 0.847. The summed E-state index contributed by atoms with van der Waals surface area (Å²) in [5, 5.41) is 9.47. The highest BCUT2D eigenvalue weighted by atomic mass is 16.5. The predicted molar refractivity (Wildman–Crippen MR) is 63.2 cm³/mol. The van der Waals surface area contributed by atoms with Gasteiger partial charge in [0.25, 0.3) is 0 Å². The molecule has 4 heteroatoms. The zero-order valence-electron chi connectivity index (χ0n) is 9.79. The van der Waals surface area contributed by atoms with Crippen molar-refractivity contribution in [3.05, 3.63) is 47.2 Å². The van der Waals surface area contributed by atoms with Crippen molar-refractivity contribution in [1.82, 2.24) is 0 Å². The van der Waals surface area contributed by atoms with E-state index in [2.05, 4.69) is 0 Å². The van der Waals surface area contributed by atoms with Gasteiger partial charge in [-0.1, -0.05) is 24.3 Å². The minimum Gasteiger partial charge on any atom is -0.483 e. The Morgan fingerprint density at radius 2 is 1.78 bits per heavy atom. The van der Waals surface area contributed by atoms with Crippen LogP contribution in [-0.2, 0) is 4.74 Å². The number of carbonyl (C=O) groups excluding carboxylic acids is 2. The van der Waals surface area contributed by atoms with Crippen LogP contribution in [0.2, 0.25) is 0 Å². The first-order chi connectivity index (χ1) is 8.59. The Morgan fingerprint density at radius 3 is 2.39 bits per heavy atom. The molecule has 0 saturated carbocycles. The lowest BCUT2D eigenvalue weighted by molar-refractivity contribution is 0.0430. The molecule has 1 aromatic carbocycles. The maximum absolute atomic E-state index is 12.3. The molecule has 2 aliphatic rings. The van der Waals surface area contributed by atoms with Crippen molar-refractivity contribution in [3.8, 4) is 0 Å². The van der Waals surface area contributed by atoms with Crippen LogP contribution in [-0.4, -0.2) is 28.9 Å².